The van der Waals surface area contributed by atoms with Crippen LogP contribution in [0, 0.1) is 17.0 Å². The van der Waals surface area contributed by atoms with Gasteiger partial charge in [0.15, 0.2) is 0 Å². The van der Waals surface area contributed by atoms with Crippen LogP contribution in [0.2, 0.25) is 0 Å². The van der Waals surface area contributed by atoms with Crippen molar-refractivity contribution < 1.29 is 9.72 Å². The summed E-state index contributed by atoms with van der Waals surface area (Å²) < 4.78 is 0.596. The molecule has 1 aromatic carbocycles. The molecular weight excluding hydrogens is 338 g/mol. The van der Waals surface area contributed by atoms with Gasteiger partial charge in [0.2, 0.25) is 0 Å². The summed E-state index contributed by atoms with van der Waals surface area (Å²) in [6.45, 7) is 1.87. The van der Waals surface area contributed by atoms with E-state index in [1.807, 2.05) is 0 Å². The molecule has 108 valence electrons. The van der Waals surface area contributed by atoms with Crippen LogP contribution in [0.4, 0.5) is 5.69 Å². The Balaban J connectivity index is 2.14. The Labute approximate surface area is 129 Å². The molecule has 0 aliphatic carbocycles. The maximum absolute atomic E-state index is 12.0. The minimum Gasteiger partial charge on any atom is -0.347 e. The number of carbonyl (C=O) groups excluding carboxylic acids is 1. The van der Waals surface area contributed by atoms with Crippen molar-refractivity contribution in [2.75, 3.05) is 0 Å². The van der Waals surface area contributed by atoms with Gasteiger partial charge < -0.3 is 5.32 Å². The molecule has 0 fully saturated rings. The molecular formula is C14H12BrN3O3. The Kier molecular flexibility index (Phi) is 4.64. The first-order valence-corrected chi connectivity index (χ1v) is 6.91. The van der Waals surface area contributed by atoms with Crippen LogP contribution in [0.3, 0.4) is 0 Å². The number of nitro groups is 1. The van der Waals surface area contributed by atoms with Gasteiger partial charge in [0.1, 0.15) is 5.69 Å². The van der Waals surface area contributed by atoms with Gasteiger partial charge in [-0.05, 0) is 40.5 Å². The third-order valence-electron chi connectivity index (χ3n) is 3.03. The number of halogens is 1. The normalized spacial score (nSPS) is 10.2. The predicted molar refractivity (Wildman–Crippen MR) is 80.9 cm³/mol. The summed E-state index contributed by atoms with van der Waals surface area (Å²) in [5.74, 6) is -0.339. The van der Waals surface area contributed by atoms with E-state index in [1.165, 1.54) is 12.3 Å². The van der Waals surface area contributed by atoms with Crippen LogP contribution in [0.5, 0.6) is 0 Å². The first-order chi connectivity index (χ1) is 10.0. The van der Waals surface area contributed by atoms with Crippen LogP contribution < -0.4 is 5.32 Å². The monoisotopic (exact) mass is 349 g/mol. The number of rotatable bonds is 4. The van der Waals surface area contributed by atoms with Crippen molar-refractivity contribution >= 4 is 27.5 Å². The summed E-state index contributed by atoms with van der Waals surface area (Å²) >= 11 is 3.26. The highest BCUT2D eigenvalue weighted by Crippen LogP contribution is 2.21. The van der Waals surface area contributed by atoms with Crippen molar-refractivity contribution in [2.45, 2.75) is 13.5 Å². The van der Waals surface area contributed by atoms with Crippen molar-refractivity contribution in [3.05, 3.63) is 67.9 Å². The lowest BCUT2D eigenvalue weighted by Crippen LogP contribution is -2.24. The number of hydrogen-bond donors (Lipinski definition) is 1. The Morgan fingerprint density at radius 3 is 2.81 bits per heavy atom. The molecule has 1 heterocycles. The van der Waals surface area contributed by atoms with Gasteiger partial charge in [0.05, 0.1) is 4.92 Å². The van der Waals surface area contributed by atoms with Gasteiger partial charge in [0.25, 0.3) is 11.6 Å². The molecule has 6 nitrogen and oxygen atoms in total. The first-order valence-electron chi connectivity index (χ1n) is 6.12. The van der Waals surface area contributed by atoms with Crippen molar-refractivity contribution in [1.29, 1.82) is 0 Å². The van der Waals surface area contributed by atoms with E-state index in [0.717, 1.165) is 0 Å². The highest BCUT2D eigenvalue weighted by atomic mass is 79.9. The molecule has 0 radical (unpaired) electrons. The van der Waals surface area contributed by atoms with E-state index in [4.69, 9.17) is 0 Å². The van der Waals surface area contributed by atoms with E-state index in [1.54, 1.807) is 31.2 Å². The van der Waals surface area contributed by atoms with Crippen molar-refractivity contribution in [3.63, 3.8) is 0 Å². The number of hydrogen-bond acceptors (Lipinski definition) is 4. The number of amides is 1. The zero-order chi connectivity index (χ0) is 15.4. The van der Waals surface area contributed by atoms with E-state index < -0.39 is 4.92 Å². The maximum Gasteiger partial charge on any atom is 0.272 e. The maximum atomic E-state index is 12.0. The molecule has 2 rings (SSSR count). The fourth-order valence-corrected chi connectivity index (χ4v) is 2.31. The van der Waals surface area contributed by atoms with Crippen LogP contribution in [0.1, 0.15) is 21.6 Å². The molecule has 7 heteroatoms. The molecule has 1 amide bonds. The first kappa shape index (κ1) is 15.1. The third kappa shape index (κ3) is 3.43. The number of nitro benzene ring substituents is 1. The largest absolute Gasteiger partial charge is 0.347 e. The fraction of sp³-hybridized carbons (Fsp3) is 0.143. The predicted octanol–water partition coefficient (Wildman–Crippen LogP) is 2.99. The lowest BCUT2D eigenvalue weighted by Gasteiger charge is -2.08. The molecule has 0 bridgehead atoms. The van der Waals surface area contributed by atoms with Crippen LogP contribution in [0.25, 0.3) is 0 Å². The van der Waals surface area contributed by atoms with Gasteiger partial charge in [-0.25, -0.2) is 4.98 Å². The average molecular weight is 350 g/mol. The van der Waals surface area contributed by atoms with E-state index in [0.29, 0.717) is 15.6 Å². The molecule has 0 aliphatic rings. The summed E-state index contributed by atoms with van der Waals surface area (Å²) in [5, 5.41) is 13.6. The van der Waals surface area contributed by atoms with Crippen LogP contribution >= 0.6 is 15.9 Å². The molecule has 0 saturated carbocycles. The molecule has 0 spiro atoms. The van der Waals surface area contributed by atoms with Crippen molar-refractivity contribution in [2.24, 2.45) is 0 Å². The van der Waals surface area contributed by atoms with E-state index >= 15 is 0 Å². The van der Waals surface area contributed by atoms with Crippen LogP contribution in [-0.4, -0.2) is 15.8 Å². The van der Waals surface area contributed by atoms with E-state index in [9.17, 15) is 14.9 Å². The van der Waals surface area contributed by atoms with E-state index in [-0.39, 0.29) is 23.8 Å². The molecule has 0 aliphatic heterocycles. The average Bonchev–Trinajstić information content (AvgIpc) is 2.46. The Hall–Kier alpha value is -2.28. The van der Waals surface area contributed by atoms with Gasteiger partial charge in [0, 0.05) is 28.8 Å². The number of carbonyl (C=O) groups is 1. The number of benzene rings is 1. The van der Waals surface area contributed by atoms with Gasteiger partial charge in [-0.15, -0.1) is 0 Å². The lowest BCUT2D eigenvalue weighted by molar-refractivity contribution is -0.385. The number of aromatic nitrogens is 1. The highest BCUT2D eigenvalue weighted by molar-refractivity contribution is 9.10. The fourth-order valence-electron chi connectivity index (χ4n) is 1.87. The number of nitrogens with one attached hydrogen (secondary N) is 1. The molecule has 2 aromatic rings. The minimum atomic E-state index is -0.435. The number of pyridine rings is 1. The summed E-state index contributed by atoms with van der Waals surface area (Å²) in [6, 6.07) is 8.22. The molecule has 0 saturated heterocycles. The standard InChI is InChI=1S/C14H12BrN3O3/c1-9-10(4-2-6-12(9)18(20)21)8-17-14(19)13-11(15)5-3-7-16-13/h2-7H,8H2,1H3,(H,17,19). The molecule has 0 unspecified atom stereocenters. The molecule has 1 aromatic heterocycles. The summed E-state index contributed by atoms with van der Waals surface area (Å²) in [4.78, 5) is 26.5. The Morgan fingerprint density at radius 1 is 1.38 bits per heavy atom. The van der Waals surface area contributed by atoms with Crippen molar-refractivity contribution in [1.82, 2.24) is 10.3 Å². The van der Waals surface area contributed by atoms with Gasteiger partial charge >= 0.3 is 0 Å². The zero-order valence-electron chi connectivity index (χ0n) is 11.2. The van der Waals surface area contributed by atoms with Crippen LogP contribution in [0.15, 0.2) is 41.0 Å². The topological polar surface area (TPSA) is 85.1 Å². The lowest BCUT2D eigenvalue weighted by atomic mass is 10.1. The van der Waals surface area contributed by atoms with Gasteiger partial charge in [-0.1, -0.05) is 12.1 Å². The highest BCUT2D eigenvalue weighted by Gasteiger charge is 2.15. The zero-order valence-corrected chi connectivity index (χ0v) is 12.8. The second-order valence-electron chi connectivity index (χ2n) is 4.33. The summed E-state index contributed by atoms with van der Waals surface area (Å²) in [6.07, 6.45) is 1.53. The molecule has 0 atom stereocenters. The SMILES string of the molecule is Cc1c(CNC(=O)c2ncccc2Br)cccc1[N+](=O)[O-]. The quantitative estimate of drug-likeness (QED) is 0.679. The molecule has 21 heavy (non-hydrogen) atoms. The smallest absolute Gasteiger partial charge is 0.272 e. The van der Waals surface area contributed by atoms with Gasteiger partial charge in [-0.3, -0.25) is 14.9 Å². The molecule has 1 N–H and O–H groups in total. The Morgan fingerprint density at radius 2 is 2.14 bits per heavy atom. The Bertz CT molecular complexity index is 704. The second kappa shape index (κ2) is 6.45. The van der Waals surface area contributed by atoms with Gasteiger partial charge in [-0.2, -0.15) is 0 Å². The summed E-state index contributed by atoms with van der Waals surface area (Å²) in [7, 11) is 0. The summed E-state index contributed by atoms with van der Waals surface area (Å²) in [5.41, 5.74) is 1.56. The van der Waals surface area contributed by atoms with E-state index in [2.05, 4.69) is 26.2 Å². The second-order valence-corrected chi connectivity index (χ2v) is 5.19. The number of nitrogens with zero attached hydrogens (tertiary/aromatic N) is 2. The third-order valence-corrected chi connectivity index (χ3v) is 3.67. The minimum absolute atomic E-state index is 0.0424. The van der Waals surface area contributed by atoms with Crippen LogP contribution in [-0.2, 0) is 6.54 Å². The van der Waals surface area contributed by atoms with Crippen molar-refractivity contribution in [3.8, 4) is 0 Å².